The second-order valence-corrected chi connectivity index (χ2v) is 11.6. The van der Waals surface area contributed by atoms with E-state index in [1.54, 1.807) is 26.0 Å². The Bertz CT molecular complexity index is 988. The minimum atomic E-state index is -3.71. The molecular weight excluding hydrogens is 396 g/mol. The van der Waals surface area contributed by atoms with Crippen LogP contribution in [0.5, 0.6) is 0 Å². The van der Waals surface area contributed by atoms with Crippen LogP contribution in [0.1, 0.15) is 22.7 Å². The third kappa shape index (κ3) is 3.46. The average molecular weight is 419 g/mol. The van der Waals surface area contributed by atoms with Gasteiger partial charge in [-0.2, -0.15) is 13.7 Å². The molecule has 0 radical (unpaired) electrons. The number of aryl methyl sites for hydroxylation is 3. The van der Waals surface area contributed by atoms with Crippen LogP contribution in [0, 0.1) is 20.8 Å². The van der Waals surface area contributed by atoms with Gasteiger partial charge in [0, 0.05) is 31.1 Å². The van der Waals surface area contributed by atoms with E-state index in [-0.39, 0.29) is 24.5 Å². The number of rotatable bonds is 4. The molecule has 8 nitrogen and oxygen atoms in total. The van der Waals surface area contributed by atoms with Gasteiger partial charge in [0.15, 0.2) is 0 Å². The van der Waals surface area contributed by atoms with Gasteiger partial charge < -0.3 is 0 Å². The second kappa shape index (κ2) is 7.04. The first-order chi connectivity index (χ1) is 12.1. The van der Waals surface area contributed by atoms with Crippen molar-refractivity contribution in [3.05, 3.63) is 28.4 Å². The molecule has 1 aliphatic heterocycles. The van der Waals surface area contributed by atoms with Gasteiger partial charge >= 0.3 is 0 Å². The van der Waals surface area contributed by atoms with Gasteiger partial charge in [0.1, 0.15) is 9.10 Å². The van der Waals surface area contributed by atoms with E-state index in [9.17, 15) is 16.8 Å². The zero-order chi connectivity index (χ0) is 19.1. The molecule has 0 aliphatic carbocycles. The molecule has 1 aliphatic rings. The summed E-state index contributed by atoms with van der Waals surface area (Å²) in [5.41, 5.74) is 0.913. The van der Waals surface area contributed by atoms with Crippen LogP contribution in [-0.4, -0.2) is 61.8 Å². The third-order valence-corrected chi connectivity index (χ3v) is 9.91. The number of nitrogens with one attached hydrogen (secondary N) is 1. The number of hydrogen-bond acceptors (Lipinski definition) is 6. The van der Waals surface area contributed by atoms with Crippen LogP contribution in [0.25, 0.3) is 0 Å². The van der Waals surface area contributed by atoms with Crippen molar-refractivity contribution in [2.45, 2.75) is 36.3 Å². The topological polar surface area (TPSA) is 103 Å². The van der Waals surface area contributed by atoms with Crippen molar-refractivity contribution in [1.29, 1.82) is 0 Å². The molecule has 3 heterocycles. The van der Waals surface area contributed by atoms with Crippen molar-refractivity contribution in [3.8, 4) is 0 Å². The molecule has 0 bridgehead atoms. The quantitative estimate of drug-likeness (QED) is 0.810. The van der Waals surface area contributed by atoms with E-state index in [2.05, 4.69) is 10.2 Å². The highest BCUT2D eigenvalue weighted by Crippen LogP contribution is 2.27. The van der Waals surface area contributed by atoms with E-state index >= 15 is 0 Å². The van der Waals surface area contributed by atoms with E-state index in [1.165, 1.54) is 19.9 Å². The summed E-state index contributed by atoms with van der Waals surface area (Å²) in [4.78, 5) is 1.11. The summed E-state index contributed by atoms with van der Waals surface area (Å²) >= 11 is 1.23. The SMILES string of the molecule is Cc1ccc(S(=O)(=O)N2CCCN(S(=O)(=O)c3c(C)n[nH]c3C)CC2)s1. The van der Waals surface area contributed by atoms with E-state index in [1.807, 2.05) is 6.92 Å². The predicted octanol–water partition coefficient (Wildman–Crippen LogP) is 1.48. The van der Waals surface area contributed by atoms with Crippen LogP contribution >= 0.6 is 11.3 Å². The zero-order valence-electron chi connectivity index (χ0n) is 14.9. The molecule has 0 saturated carbocycles. The second-order valence-electron chi connectivity index (χ2n) is 6.29. The van der Waals surface area contributed by atoms with Crippen molar-refractivity contribution in [2.75, 3.05) is 26.2 Å². The van der Waals surface area contributed by atoms with Gasteiger partial charge in [-0.15, -0.1) is 11.3 Å². The van der Waals surface area contributed by atoms with E-state index in [0.717, 1.165) is 4.88 Å². The molecule has 3 rings (SSSR count). The first kappa shape index (κ1) is 19.5. The van der Waals surface area contributed by atoms with Crippen LogP contribution in [-0.2, 0) is 20.0 Å². The Hall–Kier alpha value is -1.27. The van der Waals surface area contributed by atoms with Gasteiger partial charge in [-0.05, 0) is 39.3 Å². The summed E-state index contributed by atoms with van der Waals surface area (Å²) in [6.45, 7) is 6.00. The Labute approximate surface area is 157 Å². The standard InChI is InChI=1S/C15H22N4O4S3/c1-11-5-6-14(24-11)25(20,21)18-7-4-8-19(10-9-18)26(22,23)15-12(2)16-17-13(15)3/h5-6H,4,7-10H2,1-3H3,(H,16,17). The number of thiophene rings is 1. The molecule has 2 aromatic rings. The monoisotopic (exact) mass is 418 g/mol. The molecule has 0 amide bonds. The normalized spacial score (nSPS) is 18.1. The minimum absolute atomic E-state index is 0.121. The molecule has 2 aromatic heterocycles. The summed E-state index contributed by atoms with van der Waals surface area (Å²) in [6, 6.07) is 3.38. The van der Waals surface area contributed by atoms with Crippen LogP contribution in [0.4, 0.5) is 0 Å². The Morgan fingerprint density at radius 2 is 1.58 bits per heavy atom. The van der Waals surface area contributed by atoms with Crippen LogP contribution in [0.15, 0.2) is 21.2 Å². The van der Waals surface area contributed by atoms with Crippen molar-refractivity contribution in [2.24, 2.45) is 0 Å². The van der Waals surface area contributed by atoms with Crippen molar-refractivity contribution >= 4 is 31.4 Å². The number of hydrogen-bond donors (Lipinski definition) is 1. The van der Waals surface area contributed by atoms with Gasteiger partial charge in [-0.1, -0.05) is 0 Å². The fraction of sp³-hybridized carbons (Fsp3) is 0.533. The zero-order valence-corrected chi connectivity index (χ0v) is 17.3. The highest BCUT2D eigenvalue weighted by atomic mass is 32.2. The highest BCUT2D eigenvalue weighted by Gasteiger charge is 2.34. The summed E-state index contributed by atoms with van der Waals surface area (Å²) in [7, 11) is -7.30. The maximum absolute atomic E-state index is 13.0. The summed E-state index contributed by atoms with van der Waals surface area (Å²) in [6.07, 6.45) is 0.443. The number of sulfonamides is 2. The highest BCUT2D eigenvalue weighted by molar-refractivity contribution is 7.91. The Balaban J connectivity index is 1.83. The van der Waals surface area contributed by atoms with Crippen molar-refractivity contribution in [1.82, 2.24) is 18.8 Å². The Kier molecular flexibility index (Phi) is 5.28. The molecule has 1 saturated heterocycles. The van der Waals surface area contributed by atoms with Gasteiger partial charge in [0.2, 0.25) is 10.0 Å². The fourth-order valence-corrected chi connectivity index (χ4v) is 7.79. The molecule has 11 heteroatoms. The van der Waals surface area contributed by atoms with E-state index in [0.29, 0.717) is 28.6 Å². The Morgan fingerprint density at radius 3 is 2.08 bits per heavy atom. The lowest BCUT2D eigenvalue weighted by Crippen LogP contribution is -2.37. The summed E-state index contributed by atoms with van der Waals surface area (Å²) in [5.74, 6) is 0. The average Bonchev–Trinajstić information content (AvgIpc) is 3.04. The summed E-state index contributed by atoms with van der Waals surface area (Å²) < 4.78 is 54.6. The lowest BCUT2D eigenvalue weighted by Gasteiger charge is -2.21. The number of H-pyrrole nitrogens is 1. The van der Waals surface area contributed by atoms with Gasteiger partial charge in [0.25, 0.3) is 10.0 Å². The molecule has 0 aromatic carbocycles. The first-order valence-corrected chi connectivity index (χ1v) is 11.9. The third-order valence-electron chi connectivity index (χ3n) is 4.38. The maximum Gasteiger partial charge on any atom is 0.252 e. The fourth-order valence-electron chi connectivity index (χ4n) is 3.08. The molecule has 0 spiro atoms. The lowest BCUT2D eigenvalue weighted by molar-refractivity contribution is 0.405. The van der Waals surface area contributed by atoms with Gasteiger partial charge in [-0.3, -0.25) is 5.10 Å². The number of nitrogens with zero attached hydrogens (tertiary/aromatic N) is 3. The predicted molar refractivity (Wildman–Crippen MR) is 99.3 cm³/mol. The van der Waals surface area contributed by atoms with Gasteiger partial charge in [-0.25, -0.2) is 16.8 Å². The van der Waals surface area contributed by atoms with Gasteiger partial charge in [0.05, 0.1) is 11.4 Å². The van der Waals surface area contributed by atoms with Crippen LogP contribution in [0.3, 0.4) is 0 Å². The first-order valence-electron chi connectivity index (χ1n) is 8.22. The van der Waals surface area contributed by atoms with Crippen LogP contribution < -0.4 is 0 Å². The van der Waals surface area contributed by atoms with Crippen LogP contribution in [0.2, 0.25) is 0 Å². The van der Waals surface area contributed by atoms with E-state index < -0.39 is 20.0 Å². The molecule has 0 atom stereocenters. The molecule has 26 heavy (non-hydrogen) atoms. The molecule has 144 valence electrons. The smallest absolute Gasteiger partial charge is 0.252 e. The number of aromatic nitrogens is 2. The van der Waals surface area contributed by atoms with Crippen molar-refractivity contribution in [3.63, 3.8) is 0 Å². The Morgan fingerprint density at radius 1 is 0.962 bits per heavy atom. The molecule has 1 fully saturated rings. The maximum atomic E-state index is 13.0. The number of aromatic amines is 1. The molecule has 0 unspecified atom stereocenters. The lowest BCUT2D eigenvalue weighted by atomic mass is 10.4. The van der Waals surface area contributed by atoms with Crippen molar-refractivity contribution < 1.29 is 16.8 Å². The summed E-state index contributed by atoms with van der Waals surface area (Å²) in [5, 5.41) is 6.65. The largest absolute Gasteiger partial charge is 0.281 e. The molecular formula is C15H22N4O4S3. The molecule has 1 N–H and O–H groups in total. The minimum Gasteiger partial charge on any atom is -0.281 e. The van der Waals surface area contributed by atoms with E-state index in [4.69, 9.17) is 0 Å².